The molecule has 7 nitrogen and oxygen atoms in total. The van der Waals surface area contributed by atoms with Crippen molar-refractivity contribution in [3.05, 3.63) is 50.6 Å². The molecule has 1 aromatic carbocycles. The van der Waals surface area contributed by atoms with E-state index in [9.17, 15) is 14.4 Å². The van der Waals surface area contributed by atoms with Gasteiger partial charge in [0.15, 0.2) is 5.16 Å². The van der Waals surface area contributed by atoms with E-state index in [0.717, 1.165) is 36.8 Å². The fourth-order valence-corrected chi connectivity index (χ4v) is 6.47. The first kappa shape index (κ1) is 22.5. The minimum Gasteiger partial charge on any atom is -0.351 e. The number of primary amides is 1. The van der Waals surface area contributed by atoms with Gasteiger partial charge in [-0.3, -0.25) is 19.5 Å². The van der Waals surface area contributed by atoms with E-state index >= 15 is 0 Å². The molecular weight excluding hydrogens is 444 g/mol. The van der Waals surface area contributed by atoms with Crippen LogP contribution >= 0.6 is 23.1 Å². The summed E-state index contributed by atoms with van der Waals surface area (Å²) in [5.74, 6) is -0.609. The molecule has 1 atom stereocenters. The first-order valence-corrected chi connectivity index (χ1v) is 12.4. The molecule has 0 unspecified atom stereocenters. The van der Waals surface area contributed by atoms with E-state index in [0.29, 0.717) is 21.1 Å². The van der Waals surface area contributed by atoms with Crippen LogP contribution in [0.5, 0.6) is 0 Å². The number of carbonyl (C=O) groups excluding carboxylic acids is 2. The fraction of sp³-hybridized carbons (Fsp3) is 0.391. The first-order valence-electron chi connectivity index (χ1n) is 10.7. The highest BCUT2D eigenvalue weighted by atomic mass is 32.2. The largest absolute Gasteiger partial charge is 0.351 e. The van der Waals surface area contributed by atoms with E-state index in [4.69, 9.17) is 10.7 Å². The molecule has 3 aromatic rings. The topological polar surface area (TPSA) is 107 Å². The number of urea groups is 1. The molecule has 0 spiro atoms. The number of thiophene rings is 1. The van der Waals surface area contributed by atoms with Crippen molar-refractivity contribution in [2.75, 3.05) is 0 Å². The number of thioether (sulfide) groups is 1. The van der Waals surface area contributed by atoms with Crippen LogP contribution in [0.15, 0.2) is 34.2 Å². The lowest BCUT2D eigenvalue weighted by Gasteiger charge is -2.21. The Morgan fingerprint density at radius 1 is 1.25 bits per heavy atom. The Kier molecular flexibility index (Phi) is 6.39. The van der Waals surface area contributed by atoms with Crippen molar-refractivity contribution in [3.63, 3.8) is 0 Å². The van der Waals surface area contributed by atoms with Gasteiger partial charge in [0, 0.05) is 4.88 Å². The van der Waals surface area contributed by atoms with Crippen molar-refractivity contribution >= 4 is 45.3 Å². The zero-order chi connectivity index (χ0) is 23.0. The van der Waals surface area contributed by atoms with Gasteiger partial charge in [-0.15, -0.1) is 11.3 Å². The summed E-state index contributed by atoms with van der Waals surface area (Å²) in [6.07, 6.45) is 4.05. The first-order chi connectivity index (χ1) is 15.3. The molecule has 0 saturated heterocycles. The Balaban J connectivity index is 1.92. The van der Waals surface area contributed by atoms with Gasteiger partial charge in [-0.2, -0.15) is 0 Å². The SMILES string of the molecule is Cc1cccc(-n2c(S[C@@H](C(=O)NC(N)=O)C(C)C)nc3sc4c(c3c2=O)CCCC4)c1. The number of benzene rings is 1. The molecule has 0 radical (unpaired) electrons. The second-order valence-electron chi connectivity index (χ2n) is 8.40. The summed E-state index contributed by atoms with van der Waals surface area (Å²) in [5, 5.41) is 2.66. The van der Waals surface area contributed by atoms with Crippen molar-refractivity contribution in [1.82, 2.24) is 14.9 Å². The number of hydrogen-bond acceptors (Lipinski definition) is 6. The standard InChI is InChI=1S/C23H26N4O3S2/c1-12(2)18(19(28)25-22(24)30)32-23-26-20-17(15-9-4-5-10-16(15)31-20)21(29)27(23)14-8-6-7-13(3)11-14/h6-8,11-12,18H,4-5,9-10H2,1-3H3,(H3,24,25,28,30)/t18-/m1/s1. The van der Waals surface area contributed by atoms with Crippen molar-refractivity contribution < 1.29 is 9.59 Å². The van der Waals surface area contributed by atoms with Crippen LogP contribution in [0.1, 0.15) is 42.7 Å². The van der Waals surface area contributed by atoms with Crippen LogP contribution in [-0.2, 0) is 17.6 Å². The van der Waals surface area contributed by atoms with Crippen LogP contribution in [0.4, 0.5) is 4.79 Å². The number of nitrogens with zero attached hydrogens (tertiary/aromatic N) is 2. The van der Waals surface area contributed by atoms with Crippen LogP contribution in [-0.4, -0.2) is 26.7 Å². The van der Waals surface area contributed by atoms with Gasteiger partial charge < -0.3 is 5.73 Å². The number of hydrogen-bond donors (Lipinski definition) is 2. The van der Waals surface area contributed by atoms with E-state index in [2.05, 4.69) is 5.32 Å². The summed E-state index contributed by atoms with van der Waals surface area (Å²) in [6, 6.07) is 6.78. The Bertz CT molecular complexity index is 1260. The Morgan fingerprint density at radius 2 is 2.00 bits per heavy atom. The second-order valence-corrected chi connectivity index (χ2v) is 10.6. The average molecular weight is 471 g/mol. The van der Waals surface area contributed by atoms with Gasteiger partial charge in [0.25, 0.3) is 5.56 Å². The summed E-state index contributed by atoms with van der Waals surface area (Å²) in [4.78, 5) is 44.6. The third-order valence-electron chi connectivity index (χ3n) is 5.56. The van der Waals surface area contributed by atoms with Crippen LogP contribution < -0.4 is 16.6 Å². The molecule has 2 heterocycles. The molecule has 9 heteroatoms. The quantitative estimate of drug-likeness (QED) is 0.434. The van der Waals surface area contributed by atoms with Crippen molar-refractivity contribution in [2.45, 2.75) is 56.9 Å². The van der Waals surface area contributed by atoms with Gasteiger partial charge >= 0.3 is 6.03 Å². The number of aryl methyl sites for hydroxylation is 3. The summed E-state index contributed by atoms with van der Waals surface area (Å²) < 4.78 is 1.61. The van der Waals surface area contributed by atoms with Gasteiger partial charge in [-0.25, -0.2) is 9.78 Å². The smallest absolute Gasteiger partial charge is 0.318 e. The van der Waals surface area contributed by atoms with Crippen LogP contribution in [0, 0.1) is 12.8 Å². The number of rotatable bonds is 5. The predicted molar refractivity (Wildman–Crippen MR) is 129 cm³/mol. The Labute approximate surface area is 194 Å². The van der Waals surface area contributed by atoms with Crippen molar-refractivity contribution in [2.24, 2.45) is 11.7 Å². The zero-order valence-corrected chi connectivity index (χ0v) is 19.9. The van der Waals surface area contributed by atoms with Gasteiger partial charge in [-0.1, -0.05) is 37.7 Å². The molecule has 0 saturated carbocycles. The molecule has 3 N–H and O–H groups in total. The number of nitrogens with two attached hydrogens (primary N) is 1. The number of amides is 3. The molecule has 0 fully saturated rings. The lowest BCUT2D eigenvalue weighted by atomic mass is 9.97. The molecule has 2 aromatic heterocycles. The maximum absolute atomic E-state index is 13.8. The number of carbonyl (C=O) groups is 2. The minimum absolute atomic E-state index is 0.111. The third kappa shape index (κ3) is 4.31. The Hall–Kier alpha value is -2.65. The summed E-state index contributed by atoms with van der Waals surface area (Å²) >= 11 is 2.77. The molecule has 3 amide bonds. The van der Waals surface area contributed by atoms with Crippen molar-refractivity contribution in [3.8, 4) is 5.69 Å². The van der Waals surface area contributed by atoms with Crippen LogP contribution in [0.3, 0.4) is 0 Å². The van der Waals surface area contributed by atoms with Gasteiger partial charge in [0.1, 0.15) is 4.83 Å². The fourth-order valence-electron chi connectivity index (χ4n) is 4.06. The van der Waals surface area contributed by atoms with Gasteiger partial charge in [-0.05, 0) is 61.8 Å². The van der Waals surface area contributed by atoms with Crippen LogP contribution in [0.25, 0.3) is 15.9 Å². The molecule has 32 heavy (non-hydrogen) atoms. The summed E-state index contributed by atoms with van der Waals surface area (Å²) in [5.41, 5.74) is 7.91. The van der Waals surface area contributed by atoms with E-state index in [1.165, 1.54) is 16.6 Å². The van der Waals surface area contributed by atoms with Gasteiger partial charge in [0.2, 0.25) is 5.91 Å². The minimum atomic E-state index is -0.897. The maximum atomic E-state index is 13.8. The number of fused-ring (bicyclic) bond motifs is 3. The average Bonchev–Trinajstić information content (AvgIpc) is 3.09. The molecule has 0 bridgehead atoms. The molecular formula is C23H26N4O3S2. The van der Waals surface area contributed by atoms with E-state index in [1.54, 1.807) is 15.9 Å². The second kappa shape index (κ2) is 9.07. The molecule has 1 aliphatic rings. The Morgan fingerprint density at radius 3 is 2.69 bits per heavy atom. The van der Waals surface area contributed by atoms with E-state index in [1.807, 2.05) is 45.0 Å². The summed E-state index contributed by atoms with van der Waals surface area (Å²) in [7, 11) is 0. The van der Waals surface area contributed by atoms with Crippen LogP contribution in [0.2, 0.25) is 0 Å². The molecule has 0 aliphatic heterocycles. The molecule has 1 aliphatic carbocycles. The van der Waals surface area contributed by atoms with E-state index < -0.39 is 17.2 Å². The van der Waals surface area contributed by atoms with Crippen molar-refractivity contribution in [1.29, 1.82) is 0 Å². The lowest BCUT2D eigenvalue weighted by Crippen LogP contribution is -2.42. The molecule has 168 valence electrons. The highest BCUT2D eigenvalue weighted by Crippen LogP contribution is 2.36. The number of imide groups is 1. The summed E-state index contributed by atoms with van der Waals surface area (Å²) in [6.45, 7) is 5.74. The zero-order valence-electron chi connectivity index (χ0n) is 18.3. The lowest BCUT2D eigenvalue weighted by molar-refractivity contribution is -0.120. The number of aromatic nitrogens is 2. The van der Waals surface area contributed by atoms with E-state index in [-0.39, 0.29) is 11.5 Å². The predicted octanol–water partition coefficient (Wildman–Crippen LogP) is 3.95. The number of nitrogens with one attached hydrogen (secondary N) is 1. The highest BCUT2D eigenvalue weighted by molar-refractivity contribution is 8.00. The maximum Gasteiger partial charge on any atom is 0.318 e. The third-order valence-corrected chi connectivity index (χ3v) is 8.24. The normalized spacial score (nSPS) is 14.4. The highest BCUT2D eigenvalue weighted by Gasteiger charge is 2.29. The molecule has 4 rings (SSSR count). The monoisotopic (exact) mass is 470 g/mol. The van der Waals surface area contributed by atoms with Gasteiger partial charge in [0.05, 0.1) is 16.3 Å².